The van der Waals surface area contributed by atoms with Crippen molar-refractivity contribution in [2.24, 2.45) is 0 Å². The first-order valence-electron chi connectivity index (χ1n) is 3.11. The minimum atomic E-state index is -5.56. The molecule has 0 saturated heterocycles. The maximum absolute atomic E-state index is 10.6. The van der Waals surface area contributed by atoms with E-state index in [2.05, 4.69) is 0 Å². The molecule has 0 heterocycles. The third-order valence-corrected chi connectivity index (χ3v) is 6.51. The molecule has 0 spiro atoms. The maximum Gasteiger partial charge on any atom is 0.355 e. The molecule has 0 aliphatic heterocycles. The van der Waals surface area contributed by atoms with E-state index < -0.39 is 34.0 Å². The molecule has 13 heteroatoms. The first-order valence-corrected chi connectivity index (χ1v) is 8.16. The van der Waals surface area contributed by atoms with Gasteiger partial charge in [0.15, 0.2) is 11.2 Å². The third kappa shape index (κ3) is 4.42. The highest BCUT2D eigenvalue weighted by Crippen LogP contribution is 2.66. The molecule has 15 heavy (non-hydrogen) atoms. The van der Waals surface area contributed by atoms with Gasteiger partial charge in [0.1, 0.15) is 0 Å². The van der Waals surface area contributed by atoms with E-state index >= 15 is 0 Å². The Balaban J connectivity index is 5.46. The fourth-order valence-electron chi connectivity index (χ4n) is 0.717. The predicted molar refractivity (Wildman–Crippen MR) is 45.9 cm³/mol. The first kappa shape index (κ1) is 15.4. The lowest BCUT2D eigenvalue weighted by Gasteiger charge is -2.24. The van der Waals surface area contributed by atoms with E-state index in [0.29, 0.717) is 0 Å². The van der Waals surface area contributed by atoms with Gasteiger partial charge in [-0.15, -0.1) is 0 Å². The van der Waals surface area contributed by atoms with E-state index in [0.717, 1.165) is 0 Å². The minimum absolute atomic E-state index is 3.13. The highest BCUT2D eigenvalue weighted by atomic mass is 31.2. The summed E-state index contributed by atoms with van der Waals surface area (Å²) in [4.78, 5) is 50.6. The van der Waals surface area contributed by atoms with Gasteiger partial charge in [0.05, 0.1) is 0 Å². The average molecular weight is 286 g/mol. The maximum atomic E-state index is 10.6. The number of aliphatic hydroxyl groups is 1. The summed E-state index contributed by atoms with van der Waals surface area (Å²) in [5.41, 5.74) is 0. The molecule has 0 amide bonds. The zero-order chi connectivity index (χ0) is 12.7. The zero-order valence-corrected chi connectivity index (χ0v) is 9.53. The number of hydrogen-bond acceptors (Lipinski definition) is 4. The largest absolute Gasteiger partial charge is 0.379 e. The first-order chi connectivity index (χ1) is 6.28. The Labute approximate surface area is 83.1 Å². The van der Waals surface area contributed by atoms with Crippen LogP contribution in [0.15, 0.2) is 0 Å². The van der Waals surface area contributed by atoms with Crippen LogP contribution >= 0.6 is 22.8 Å². The van der Waals surface area contributed by atoms with Crippen molar-refractivity contribution < 1.29 is 48.2 Å². The lowest BCUT2D eigenvalue weighted by molar-refractivity contribution is 0.192. The van der Waals surface area contributed by atoms with Gasteiger partial charge >= 0.3 is 22.8 Å². The molecule has 7 N–H and O–H groups in total. The quantitative estimate of drug-likeness (QED) is 0.289. The van der Waals surface area contributed by atoms with Gasteiger partial charge in [0.25, 0.3) is 0 Å². The normalized spacial score (nSPS) is 16.8. The SMILES string of the molecule is O=P(O)(O)C(O)C(P(=O)(O)O)P(=O)(O)O. The van der Waals surface area contributed by atoms with Crippen molar-refractivity contribution in [1.82, 2.24) is 0 Å². The molecule has 0 bridgehead atoms. The molecule has 0 aliphatic rings. The topological polar surface area (TPSA) is 193 Å². The Bertz CT molecular complexity index is 333. The summed E-state index contributed by atoms with van der Waals surface area (Å²) in [6, 6.07) is 0. The van der Waals surface area contributed by atoms with Gasteiger partial charge in [-0.2, -0.15) is 0 Å². The van der Waals surface area contributed by atoms with Crippen LogP contribution in [-0.4, -0.2) is 45.7 Å². The fraction of sp³-hybridized carbons (Fsp3) is 1.00. The van der Waals surface area contributed by atoms with Crippen LogP contribution in [0.2, 0.25) is 0 Å². The molecule has 0 aromatic carbocycles. The number of hydrogen-bond donors (Lipinski definition) is 7. The van der Waals surface area contributed by atoms with E-state index in [9.17, 15) is 13.7 Å². The molecule has 0 rings (SSSR count). The number of rotatable bonds is 4. The van der Waals surface area contributed by atoms with Gasteiger partial charge in [-0.1, -0.05) is 0 Å². The molecular weight excluding hydrogens is 277 g/mol. The number of aliphatic hydroxyl groups excluding tert-OH is 1. The Kier molecular flexibility index (Phi) is 4.47. The van der Waals surface area contributed by atoms with Crippen LogP contribution in [0.3, 0.4) is 0 Å². The molecule has 0 aromatic heterocycles. The molecule has 0 aromatic rings. The van der Waals surface area contributed by atoms with E-state index in [-0.39, 0.29) is 0 Å². The summed E-state index contributed by atoms with van der Waals surface area (Å²) in [7, 11) is -16.5. The van der Waals surface area contributed by atoms with E-state index in [4.69, 9.17) is 34.5 Å². The lowest BCUT2D eigenvalue weighted by Crippen LogP contribution is -2.26. The van der Waals surface area contributed by atoms with Crippen LogP contribution in [0.1, 0.15) is 0 Å². The van der Waals surface area contributed by atoms with Crippen molar-refractivity contribution in [1.29, 1.82) is 0 Å². The highest BCUT2D eigenvalue weighted by Gasteiger charge is 2.54. The average Bonchev–Trinajstić information content (AvgIpc) is 1.76. The Hall–Kier alpha value is 0.410. The molecule has 0 radical (unpaired) electrons. The van der Waals surface area contributed by atoms with Crippen molar-refractivity contribution in [3.05, 3.63) is 0 Å². The molecule has 92 valence electrons. The summed E-state index contributed by atoms with van der Waals surface area (Å²) >= 11 is 0. The summed E-state index contributed by atoms with van der Waals surface area (Å²) in [5.74, 6) is -3.13. The van der Waals surface area contributed by atoms with Crippen molar-refractivity contribution in [2.75, 3.05) is 0 Å². The van der Waals surface area contributed by atoms with Crippen molar-refractivity contribution in [3.8, 4) is 0 Å². The Morgan fingerprint density at radius 1 is 0.667 bits per heavy atom. The van der Waals surface area contributed by atoms with Crippen LogP contribution in [0.4, 0.5) is 0 Å². The van der Waals surface area contributed by atoms with Gasteiger partial charge in [-0.3, -0.25) is 13.7 Å². The fourth-order valence-corrected chi connectivity index (χ4v) is 5.41. The molecule has 1 atom stereocenters. The summed E-state index contributed by atoms with van der Waals surface area (Å²) in [6.45, 7) is 0. The second-order valence-electron chi connectivity index (χ2n) is 2.59. The monoisotopic (exact) mass is 286 g/mol. The zero-order valence-electron chi connectivity index (χ0n) is 6.85. The van der Waals surface area contributed by atoms with Gasteiger partial charge in [0.2, 0.25) is 0 Å². The Morgan fingerprint density at radius 3 is 1.00 bits per heavy atom. The Morgan fingerprint density at radius 2 is 0.933 bits per heavy atom. The summed E-state index contributed by atoms with van der Waals surface area (Å²) in [6.07, 6.45) is 0. The minimum Gasteiger partial charge on any atom is -0.379 e. The van der Waals surface area contributed by atoms with Crippen LogP contribution in [0.5, 0.6) is 0 Å². The standard InChI is InChI=1S/C2H9O10P3/c3-1(13(4,5)6)2(14(7,8)9)15(10,11)12/h1-3H,(H2,4,5,6)(H2,7,8,9)(H2,10,11,12). The molecular formula is C2H9O10P3. The molecule has 0 fully saturated rings. The van der Waals surface area contributed by atoms with Crippen molar-refractivity contribution in [3.63, 3.8) is 0 Å². The molecule has 1 unspecified atom stereocenters. The lowest BCUT2D eigenvalue weighted by atomic mass is 10.8. The van der Waals surface area contributed by atoms with E-state index in [1.54, 1.807) is 0 Å². The van der Waals surface area contributed by atoms with Gasteiger partial charge < -0.3 is 34.5 Å². The molecule has 10 nitrogen and oxygen atoms in total. The second-order valence-corrected chi connectivity index (χ2v) is 8.18. The predicted octanol–water partition coefficient (Wildman–Crippen LogP) is -1.84. The van der Waals surface area contributed by atoms with Crippen LogP contribution in [-0.2, 0) is 13.7 Å². The second kappa shape index (κ2) is 4.35. The van der Waals surface area contributed by atoms with Crippen LogP contribution in [0, 0.1) is 0 Å². The van der Waals surface area contributed by atoms with Crippen molar-refractivity contribution in [2.45, 2.75) is 11.2 Å². The summed E-state index contributed by atoms with van der Waals surface area (Å²) in [5, 5.41) is 5.64. The third-order valence-electron chi connectivity index (χ3n) is 1.30. The van der Waals surface area contributed by atoms with E-state index in [1.165, 1.54) is 0 Å². The molecule has 0 aliphatic carbocycles. The smallest absolute Gasteiger partial charge is 0.355 e. The van der Waals surface area contributed by atoms with Gasteiger partial charge in [-0.25, -0.2) is 0 Å². The summed E-state index contributed by atoms with van der Waals surface area (Å²) < 4.78 is 31.6. The highest BCUT2D eigenvalue weighted by molar-refractivity contribution is 7.72. The van der Waals surface area contributed by atoms with Gasteiger partial charge in [0, 0.05) is 0 Å². The van der Waals surface area contributed by atoms with Gasteiger partial charge in [-0.05, 0) is 0 Å². The van der Waals surface area contributed by atoms with Crippen LogP contribution < -0.4 is 0 Å². The molecule has 0 saturated carbocycles. The van der Waals surface area contributed by atoms with Crippen LogP contribution in [0.25, 0.3) is 0 Å². The van der Waals surface area contributed by atoms with Crippen molar-refractivity contribution >= 4 is 22.8 Å². The van der Waals surface area contributed by atoms with E-state index in [1.807, 2.05) is 0 Å².